The van der Waals surface area contributed by atoms with E-state index >= 15 is 0 Å². The molecule has 2 aromatic heterocycles. The number of hydrogen-bond acceptors (Lipinski definition) is 6. The van der Waals surface area contributed by atoms with Crippen LogP contribution in [0.4, 0.5) is 5.82 Å². The van der Waals surface area contributed by atoms with Crippen LogP contribution >= 0.6 is 23.2 Å². The molecule has 44 heavy (non-hydrogen) atoms. The van der Waals surface area contributed by atoms with E-state index in [0.29, 0.717) is 28.1 Å². The second kappa shape index (κ2) is 10.2. The van der Waals surface area contributed by atoms with Gasteiger partial charge in [0.25, 0.3) is 0 Å². The van der Waals surface area contributed by atoms with Crippen LogP contribution in [0.1, 0.15) is 57.7 Å². The molecule has 2 bridgehead atoms. The Hall–Kier alpha value is -2.59. The smallest absolute Gasteiger partial charge is 0.245 e. The Morgan fingerprint density at radius 1 is 1.20 bits per heavy atom. The average Bonchev–Trinajstić information content (AvgIpc) is 3.73. The van der Waals surface area contributed by atoms with Gasteiger partial charge in [-0.1, -0.05) is 29.8 Å². The highest BCUT2D eigenvalue weighted by atomic mass is 35.5. The lowest BCUT2D eigenvalue weighted by molar-refractivity contribution is -0.149. The van der Waals surface area contributed by atoms with E-state index in [1.807, 2.05) is 17.2 Å². The fourth-order valence-electron chi connectivity index (χ4n) is 9.15. The number of anilines is 1. The number of nitrogens with zero attached hydrogens (tertiary/aromatic N) is 6. The first-order valence-electron chi connectivity index (χ1n) is 16.0. The van der Waals surface area contributed by atoms with Crippen molar-refractivity contribution in [3.05, 3.63) is 40.7 Å². The lowest BCUT2D eigenvalue weighted by atomic mass is 9.60. The minimum Gasteiger partial charge on any atom is -0.375 e. The zero-order valence-electron chi connectivity index (χ0n) is 25.8. The third-order valence-corrected chi connectivity index (χ3v) is 12.1. The number of likely N-dealkylation sites (tertiary alicyclic amines) is 2. The number of fused-ring (bicyclic) bond motifs is 3. The molecule has 3 aromatic rings. The predicted molar refractivity (Wildman–Crippen MR) is 173 cm³/mol. The molecular weight excluding hydrogens is 597 g/mol. The molecule has 8 rings (SSSR count). The van der Waals surface area contributed by atoms with E-state index in [2.05, 4.69) is 52.0 Å². The maximum absolute atomic E-state index is 12.1. The fraction of sp³-hybridized carbons (Fsp3) is 0.606. The number of amides is 1. The van der Waals surface area contributed by atoms with Gasteiger partial charge in [-0.3, -0.25) is 19.5 Å². The highest BCUT2D eigenvalue weighted by Gasteiger charge is 2.55. The standard InChI is InChI=1S/C33H41Cl2N7O2/c1-5-27(43)40-17-33(18-40)11-22(12-33)42-19(2)28(29-24-13-36-37-26(24)9-25(34)30(29)35)31(38-42)41-7-6-20(10-32(41,3)4)14-39-15-23-8-21(39)16-44-23/h5,9,13,20-23H,1,6-8,10-12,14-18H2,2-4H3,(H,36,37). The van der Waals surface area contributed by atoms with Crippen LogP contribution in [0.2, 0.25) is 10.0 Å². The third-order valence-electron chi connectivity index (χ3n) is 11.3. The van der Waals surface area contributed by atoms with Crippen molar-refractivity contribution in [1.29, 1.82) is 0 Å². The van der Waals surface area contributed by atoms with Gasteiger partial charge < -0.3 is 14.5 Å². The summed E-state index contributed by atoms with van der Waals surface area (Å²) < 4.78 is 8.10. The summed E-state index contributed by atoms with van der Waals surface area (Å²) in [6.45, 7) is 16.2. The SMILES string of the molecule is C=CC(=O)N1CC2(CC(n3nc(N4CCC(CN5CC6CC5CO6)CC4(C)C)c(-c4c(Cl)c(Cl)cc5[nH]ncc45)c3C)C2)C1. The highest BCUT2D eigenvalue weighted by molar-refractivity contribution is 6.45. The van der Waals surface area contributed by atoms with Gasteiger partial charge in [-0.2, -0.15) is 10.2 Å². The Morgan fingerprint density at radius 2 is 2.00 bits per heavy atom. The van der Waals surface area contributed by atoms with Gasteiger partial charge in [0.05, 0.1) is 40.5 Å². The number of aromatic amines is 1. The molecule has 9 nitrogen and oxygen atoms in total. The van der Waals surface area contributed by atoms with Crippen LogP contribution in [0.25, 0.3) is 22.0 Å². The van der Waals surface area contributed by atoms with Gasteiger partial charge in [-0.25, -0.2) is 0 Å². The van der Waals surface area contributed by atoms with Crippen LogP contribution in [0.3, 0.4) is 0 Å². The summed E-state index contributed by atoms with van der Waals surface area (Å²) in [6, 6.07) is 2.72. The van der Waals surface area contributed by atoms with Crippen LogP contribution < -0.4 is 4.90 Å². The molecule has 3 atom stereocenters. The molecule has 6 heterocycles. The summed E-state index contributed by atoms with van der Waals surface area (Å²) in [7, 11) is 0. The summed E-state index contributed by atoms with van der Waals surface area (Å²) >= 11 is 13.8. The normalized spacial score (nSPS) is 27.7. The molecule has 4 aliphatic heterocycles. The van der Waals surface area contributed by atoms with E-state index in [1.54, 1.807) is 0 Å². The number of hydrogen-bond donors (Lipinski definition) is 1. The number of carbonyl (C=O) groups excluding carboxylic acids is 1. The molecule has 1 spiro atoms. The monoisotopic (exact) mass is 637 g/mol. The van der Waals surface area contributed by atoms with Crippen molar-refractivity contribution < 1.29 is 9.53 Å². The number of carbonyl (C=O) groups is 1. The summed E-state index contributed by atoms with van der Waals surface area (Å²) in [5, 5.41) is 14.9. The van der Waals surface area contributed by atoms with Crippen LogP contribution in [0.15, 0.2) is 24.9 Å². The zero-order valence-corrected chi connectivity index (χ0v) is 27.3. The van der Waals surface area contributed by atoms with Gasteiger partial charge in [-0.15, -0.1) is 0 Å². The number of halogens is 2. The topological polar surface area (TPSA) is 82.5 Å². The van der Waals surface area contributed by atoms with Gasteiger partial charge in [0.1, 0.15) is 0 Å². The first-order valence-corrected chi connectivity index (χ1v) is 16.8. The highest BCUT2D eigenvalue weighted by Crippen LogP contribution is 2.56. The number of aromatic nitrogens is 4. The number of nitrogens with one attached hydrogen (secondary N) is 1. The molecule has 1 aromatic carbocycles. The Bertz CT molecular complexity index is 1650. The number of benzene rings is 1. The molecule has 1 amide bonds. The Balaban J connectivity index is 1.13. The van der Waals surface area contributed by atoms with Gasteiger partial charge in [0.15, 0.2) is 5.82 Å². The lowest BCUT2D eigenvalue weighted by Gasteiger charge is -2.58. The van der Waals surface area contributed by atoms with Crippen molar-refractivity contribution in [2.24, 2.45) is 11.3 Å². The van der Waals surface area contributed by atoms with Crippen LogP contribution in [-0.2, 0) is 9.53 Å². The van der Waals surface area contributed by atoms with Crippen LogP contribution in [0, 0.1) is 18.3 Å². The molecule has 1 aliphatic carbocycles. The van der Waals surface area contributed by atoms with E-state index in [9.17, 15) is 4.79 Å². The number of ether oxygens (including phenoxy) is 1. The van der Waals surface area contributed by atoms with Crippen LogP contribution in [-0.4, -0.2) is 92.7 Å². The molecule has 3 unspecified atom stereocenters. The summed E-state index contributed by atoms with van der Waals surface area (Å²) in [5.74, 6) is 1.63. The van der Waals surface area contributed by atoms with Crippen molar-refractivity contribution in [2.75, 3.05) is 44.2 Å². The number of H-pyrrole nitrogens is 1. The predicted octanol–water partition coefficient (Wildman–Crippen LogP) is 5.86. The van der Waals surface area contributed by atoms with Crippen molar-refractivity contribution >= 4 is 45.8 Å². The first kappa shape index (κ1) is 28.9. The Kier molecular flexibility index (Phi) is 6.69. The number of morpholine rings is 1. The molecule has 5 aliphatic rings. The molecule has 4 saturated heterocycles. The minimum absolute atomic E-state index is 0.0230. The van der Waals surface area contributed by atoms with Gasteiger partial charge in [0, 0.05) is 71.9 Å². The van der Waals surface area contributed by atoms with E-state index in [1.165, 1.54) is 12.5 Å². The minimum atomic E-state index is -0.0978. The fourth-order valence-corrected chi connectivity index (χ4v) is 9.61. The van der Waals surface area contributed by atoms with Crippen molar-refractivity contribution in [2.45, 2.75) is 76.6 Å². The largest absolute Gasteiger partial charge is 0.375 e. The maximum Gasteiger partial charge on any atom is 0.245 e. The van der Waals surface area contributed by atoms with Crippen molar-refractivity contribution in [3.63, 3.8) is 0 Å². The second-order valence-corrected chi connectivity index (χ2v) is 15.5. The summed E-state index contributed by atoms with van der Waals surface area (Å²) in [5.41, 5.74) is 3.98. The second-order valence-electron chi connectivity index (χ2n) is 14.7. The summed E-state index contributed by atoms with van der Waals surface area (Å²) in [4.78, 5) is 19.2. The first-order chi connectivity index (χ1) is 21.1. The average molecular weight is 639 g/mol. The van der Waals surface area contributed by atoms with Crippen molar-refractivity contribution in [3.8, 4) is 11.1 Å². The maximum atomic E-state index is 12.1. The number of rotatable bonds is 6. The quantitative estimate of drug-likeness (QED) is 0.341. The molecule has 234 valence electrons. The number of piperidine rings is 1. The Labute approximate surface area is 268 Å². The molecule has 5 fully saturated rings. The van der Waals surface area contributed by atoms with Gasteiger partial charge in [-0.05, 0) is 70.9 Å². The Morgan fingerprint density at radius 3 is 2.68 bits per heavy atom. The van der Waals surface area contributed by atoms with Gasteiger partial charge >= 0.3 is 0 Å². The van der Waals surface area contributed by atoms with E-state index in [4.69, 9.17) is 33.0 Å². The van der Waals surface area contributed by atoms with E-state index in [-0.39, 0.29) is 22.9 Å². The molecule has 1 N–H and O–H groups in total. The summed E-state index contributed by atoms with van der Waals surface area (Å²) in [6.07, 6.45) is 9.11. The van der Waals surface area contributed by atoms with Crippen molar-refractivity contribution in [1.82, 2.24) is 29.8 Å². The van der Waals surface area contributed by atoms with E-state index in [0.717, 1.165) is 98.6 Å². The third kappa shape index (κ3) is 4.44. The lowest BCUT2D eigenvalue weighted by Crippen LogP contribution is -2.63. The van der Waals surface area contributed by atoms with Gasteiger partial charge in [0.2, 0.25) is 5.91 Å². The van der Waals surface area contributed by atoms with Crippen LogP contribution in [0.5, 0.6) is 0 Å². The zero-order chi connectivity index (χ0) is 30.5. The molecule has 11 heteroatoms. The molecule has 0 radical (unpaired) electrons. The molecular formula is C33H41Cl2N7O2. The molecule has 1 saturated carbocycles. The van der Waals surface area contributed by atoms with E-state index < -0.39 is 0 Å².